The maximum atomic E-state index is 13.4. The van der Waals surface area contributed by atoms with Crippen molar-refractivity contribution in [3.05, 3.63) is 36.0 Å². The van der Waals surface area contributed by atoms with E-state index < -0.39 is 47.9 Å². The number of H-pyrrole nitrogens is 1. The van der Waals surface area contributed by atoms with Crippen LogP contribution in [0.15, 0.2) is 35.5 Å². The van der Waals surface area contributed by atoms with Crippen LogP contribution in [0.25, 0.3) is 10.9 Å². The van der Waals surface area contributed by atoms with E-state index in [0.29, 0.717) is 18.7 Å². The van der Waals surface area contributed by atoms with E-state index in [1.54, 1.807) is 6.20 Å². The average molecular weight is 595 g/mol. The van der Waals surface area contributed by atoms with Gasteiger partial charge in [0.25, 0.3) is 0 Å². The Morgan fingerprint density at radius 3 is 2.33 bits per heavy atom. The van der Waals surface area contributed by atoms with Crippen molar-refractivity contribution in [1.82, 2.24) is 20.9 Å². The molecule has 0 fully saturated rings. The quantitative estimate of drug-likeness (QED) is 0.0488. The second-order valence-electron chi connectivity index (χ2n) is 9.10. The van der Waals surface area contributed by atoms with Crippen LogP contribution in [0, 0.1) is 0 Å². The molecule has 4 atom stereocenters. The monoisotopic (exact) mass is 594 g/mol. The molecule has 0 spiro atoms. The van der Waals surface area contributed by atoms with Crippen LogP contribution in [0.2, 0.25) is 0 Å². The fourth-order valence-corrected chi connectivity index (χ4v) is 4.62. The highest BCUT2D eigenvalue weighted by atomic mass is 32.2. The molecule has 0 aliphatic rings. The summed E-state index contributed by atoms with van der Waals surface area (Å²) in [6, 6.07) is 3.24. The number of thiol groups is 1. The first kappa shape index (κ1) is 32.8. The van der Waals surface area contributed by atoms with Gasteiger partial charge in [0, 0.05) is 35.8 Å². The van der Waals surface area contributed by atoms with E-state index in [-0.39, 0.29) is 31.0 Å². The van der Waals surface area contributed by atoms with Gasteiger partial charge in [0.2, 0.25) is 17.7 Å². The SMILES string of the molecule is CSCCC(NC(=O)C(CS)NC(=O)C(Cc1c[nH]c2ccccc12)NC(=O)C(N)CCCN=C(N)N)C(=O)O. The molecule has 0 aliphatic carbocycles. The Morgan fingerprint density at radius 2 is 1.68 bits per heavy atom. The number of hydrogen-bond acceptors (Lipinski definition) is 8. The average Bonchev–Trinajstić information content (AvgIpc) is 3.33. The van der Waals surface area contributed by atoms with Crippen LogP contribution in [0.1, 0.15) is 24.8 Å². The van der Waals surface area contributed by atoms with E-state index in [4.69, 9.17) is 17.2 Å². The molecule has 1 aromatic heterocycles. The topological polar surface area (TPSA) is 231 Å². The van der Waals surface area contributed by atoms with E-state index >= 15 is 0 Å². The van der Waals surface area contributed by atoms with E-state index in [9.17, 15) is 24.3 Å². The van der Waals surface area contributed by atoms with Crippen LogP contribution in [0.5, 0.6) is 0 Å². The van der Waals surface area contributed by atoms with Gasteiger partial charge in [0.05, 0.1) is 6.04 Å². The molecule has 1 heterocycles. The maximum Gasteiger partial charge on any atom is 0.326 e. The van der Waals surface area contributed by atoms with Crippen molar-refractivity contribution in [2.24, 2.45) is 22.2 Å². The molecule has 11 N–H and O–H groups in total. The molecular formula is C25H38N8O5S2. The van der Waals surface area contributed by atoms with Crippen molar-refractivity contribution in [3.8, 4) is 0 Å². The minimum Gasteiger partial charge on any atom is -0.480 e. The largest absolute Gasteiger partial charge is 0.480 e. The van der Waals surface area contributed by atoms with Gasteiger partial charge in [-0.3, -0.25) is 19.4 Å². The highest BCUT2D eigenvalue weighted by Crippen LogP contribution is 2.19. The van der Waals surface area contributed by atoms with Gasteiger partial charge in [0.15, 0.2) is 5.96 Å². The van der Waals surface area contributed by atoms with Crippen molar-refractivity contribution in [1.29, 1.82) is 0 Å². The second kappa shape index (κ2) is 16.6. The van der Waals surface area contributed by atoms with Crippen LogP contribution in [-0.4, -0.2) is 88.2 Å². The summed E-state index contributed by atoms with van der Waals surface area (Å²) >= 11 is 5.63. The number of carbonyl (C=O) groups is 4. The number of aliphatic imine (C=N–C) groups is 1. The Labute approximate surface area is 242 Å². The van der Waals surface area contributed by atoms with Crippen molar-refractivity contribution < 1.29 is 24.3 Å². The molecule has 3 amide bonds. The second-order valence-corrected chi connectivity index (χ2v) is 10.5. The number of aromatic amines is 1. The van der Waals surface area contributed by atoms with Crippen LogP contribution in [0.4, 0.5) is 0 Å². The predicted molar refractivity (Wildman–Crippen MR) is 160 cm³/mol. The summed E-state index contributed by atoms with van der Waals surface area (Å²) in [7, 11) is 0. The number of fused-ring (bicyclic) bond motifs is 1. The number of aromatic nitrogens is 1. The molecule has 4 unspecified atom stereocenters. The number of nitrogens with two attached hydrogens (primary N) is 3. The molecule has 0 saturated carbocycles. The Kier molecular flexibility index (Phi) is 13.6. The number of hydrogen-bond donors (Lipinski definition) is 9. The standard InChI is InChI=1S/C25H38N8O5S2/c1-40-10-8-18(24(37)38)31-23(36)20(13-39)33-22(35)19(11-14-12-30-17-7-3-2-5-15(14)17)32-21(34)16(26)6-4-9-29-25(27)28/h2-3,5,7,12,16,18-20,30,39H,4,6,8-11,13,26H2,1H3,(H,31,36)(H,32,34)(H,33,35)(H,37,38)(H4,27,28,29). The number of amides is 3. The van der Waals surface area contributed by atoms with Gasteiger partial charge in [0.1, 0.15) is 18.1 Å². The number of thioether (sulfide) groups is 1. The summed E-state index contributed by atoms with van der Waals surface area (Å²) in [5.74, 6) is -2.69. The minimum absolute atomic E-state index is 0.0600. The first-order chi connectivity index (χ1) is 19.1. The minimum atomic E-state index is -1.18. The highest BCUT2D eigenvalue weighted by Gasteiger charge is 2.30. The number of aliphatic carboxylic acids is 1. The molecule has 0 aliphatic heterocycles. The number of benzene rings is 1. The van der Waals surface area contributed by atoms with Crippen LogP contribution < -0.4 is 33.2 Å². The van der Waals surface area contributed by atoms with E-state index in [2.05, 4.69) is 38.6 Å². The lowest BCUT2D eigenvalue weighted by atomic mass is 10.0. The molecule has 2 aromatic rings. The van der Waals surface area contributed by atoms with Crippen LogP contribution in [0.3, 0.4) is 0 Å². The van der Waals surface area contributed by atoms with Crippen LogP contribution >= 0.6 is 24.4 Å². The van der Waals surface area contributed by atoms with Crippen LogP contribution in [-0.2, 0) is 25.6 Å². The lowest BCUT2D eigenvalue weighted by molar-refractivity contribution is -0.142. The molecule has 220 valence electrons. The van der Waals surface area contributed by atoms with E-state index in [0.717, 1.165) is 16.5 Å². The lowest BCUT2D eigenvalue weighted by Crippen LogP contribution is -2.58. The number of carboxylic acid groups (broad SMARTS) is 1. The number of nitrogens with zero attached hydrogens (tertiary/aromatic N) is 1. The molecule has 0 saturated heterocycles. The molecule has 15 heteroatoms. The van der Waals surface area contributed by atoms with E-state index in [1.807, 2.05) is 30.5 Å². The summed E-state index contributed by atoms with van der Waals surface area (Å²) in [4.78, 5) is 57.7. The fraction of sp³-hybridized carbons (Fsp3) is 0.480. The molecule has 40 heavy (non-hydrogen) atoms. The number of para-hydroxylation sites is 1. The smallest absolute Gasteiger partial charge is 0.326 e. The third-order valence-electron chi connectivity index (χ3n) is 6.08. The van der Waals surface area contributed by atoms with Crippen molar-refractivity contribution in [2.75, 3.05) is 24.3 Å². The molecule has 2 rings (SSSR count). The van der Waals surface area contributed by atoms with Gasteiger partial charge in [-0.25, -0.2) is 4.79 Å². The summed E-state index contributed by atoms with van der Waals surface area (Å²) in [6.45, 7) is 0.301. The zero-order valence-electron chi connectivity index (χ0n) is 22.3. The van der Waals surface area contributed by atoms with Gasteiger partial charge >= 0.3 is 5.97 Å². The summed E-state index contributed by atoms with van der Waals surface area (Å²) in [5.41, 5.74) is 18.3. The molecular weight excluding hydrogens is 556 g/mol. The third-order valence-corrected chi connectivity index (χ3v) is 7.09. The van der Waals surface area contributed by atoms with Crippen molar-refractivity contribution >= 4 is 64.9 Å². The lowest BCUT2D eigenvalue weighted by Gasteiger charge is -2.24. The Balaban J connectivity index is 2.18. The highest BCUT2D eigenvalue weighted by molar-refractivity contribution is 7.98. The maximum absolute atomic E-state index is 13.4. The van der Waals surface area contributed by atoms with Crippen molar-refractivity contribution in [2.45, 2.75) is 49.9 Å². The van der Waals surface area contributed by atoms with E-state index in [1.165, 1.54) is 11.8 Å². The zero-order chi connectivity index (χ0) is 29.7. The number of rotatable bonds is 17. The molecule has 1 aromatic carbocycles. The predicted octanol–water partition coefficient (Wildman–Crippen LogP) is -0.687. The van der Waals surface area contributed by atoms with Gasteiger partial charge in [-0.2, -0.15) is 24.4 Å². The van der Waals surface area contributed by atoms with Gasteiger partial charge in [-0.05, 0) is 42.9 Å². The Morgan fingerprint density at radius 1 is 1.02 bits per heavy atom. The number of carbonyl (C=O) groups excluding carboxylic acids is 3. The summed E-state index contributed by atoms with van der Waals surface area (Å²) in [6.07, 6.45) is 4.63. The normalized spacial score (nSPS) is 14.0. The zero-order valence-corrected chi connectivity index (χ0v) is 24.0. The molecule has 0 bridgehead atoms. The number of carboxylic acids is 1. The Hall–Kier alpha value is -3.43. The summed E-state index contributed by atoms with van der Waals surface area (Å²) < 4.78 is 0. The first-order valence-corrected chi connectivity index (χ1v) is 14.7. The van der Waals surface area contributed by atoms with Gasteiger partial charge in [-0.1, -0.05) is 18.2 Å². The van der Waals surface area contributed by atoms with Crippen molar-refractivity contribution in [3.63, 3.8) is 0 Å². The van der Waals surface area contributed by atoms with Gasteiger partial charge in [-0.15, -0.1) is 0 Å². The van der Waals surface area contributed by atoms with Gasteiger partial charge < -0.3 is 43.2 Å². The fourth-order valence-electron chi connectivity index (χ4n) is 3.89. The third kappa shape index (κ3) is 10.3. The number of nitrogens with one attached hydrogen (secondary N) is 4. The summed E-state index contributed by atoms with van der Waals surface area (Å²) in [5, 5.41) is 18.1. The number of guanidine groups is 1. The molecule has 0 radical (unpaired) electrons. The first-order valence-electron chi connectivity index (χ1n) is 12.7. The Bertz CT molecular complexity index is 1190. The molecule has 13 nitrogen and oxygen atoms in total.